The Morgan fingerprint density at radius 1 is 1.35 bits per heavy atom. The van der Waals surface area contributed by atoms with Gasteiger partial charge in [-0.1, -0.05) is 11.6 Å². The minimum Gasteiger partial charge on any atom is -0.378 e. The van der Waals surface area contributed by atoms with Gasteiger partial charge in [0.1, 0.15) is 5.15 Å². The Morgan fingerprint density at radius 3 is 2.74 bits per heavy atom. The Balaban J connectivity index is 1.62. The highest BCUT2D eigenvalue weighted by Crippen LogP contribution is 2.37. The van der Waals surface area contributed by atoms with Crippen LogP contribution in [0.2, 0.25) is 5.15 Å². The van der Waals surface area contributed by atoms with Gasteiger partial charge in [-0.15, -0.1) is 0 Å². The molecule has 1 aromatic rings. The number of halogens is 1. The summed E-state index contributed by atoms with van der Waals surface area (Å²) >= 11 is 6.43. The monoisotopic (exact) mass is 340 g/mol. The van der Waals surface area contributed by atoms with Crippen LogP contribution in [0.5, 0.6) is 0 Å². The van der Waals surface area contributed by atoms with Gasteiger partial charge in [0.2, 0.25) is 5.91 Å². The molecule has 0 spiro atoms. The molecule has 1 aromatic heterocycles. The van der Waals surface area contributed by atoms with Crippen LogP contribution in [-0.2, 0) is 16.6 Å². The number of hydrogen-bond donors (Lipinski definition) is 0. The Labute approximate surface area is 142 Å². The third-order valence-corrected chi connectivity index (χ3v) is 5.32. The van der Waals surface area contributed by atoms with Crippen LogP contribution < -0.4 is 0 Å². The van der Waals surface area contributed by atoms with Crippen LogP contribution in [0, 0.1) is 6.92 Å². The molecule has 0 aliphatic carbocycles. The number of morpholine rings is 1. The Kier molecular flexibility index (Phi) is 5.24. The van der Waals surface area contributed by atoms with Gasteiger partial charge in [-0.25, -0.2) is 0 Å². The summed E-state index contributed by atoms with van der Waals surface area (Å²) in [6.45, 7) is 6.56. The minimum absolute atomic E-state index is 0.230. The molecule has 0 radical (unpaired) electrons. The molecule has 6 nitrogen and oxygen atoms in total. The molecular formula is C16H25ClN4O2. The SMILES string of the molecule is Cc1nn(C)c(Cl)c1[C@H]1CCCN1CCC(=O)N1CCOCC1. The molecule has 128 valence electrons. The average Bonchev–Trinajstić information content (AvgIpc) is 3.10. The van der Waals surface area contributed by atoms with Crippen LogP contribution in [-0.4, -0.2) is 64.9 Å². The maximum atomic E-state index is 12.3. The van der Waals surface area contributed by atoms with E-state index in [9.17, 15) is 4.79 Å². The molecule has 0 saturated carbocycles. The summed E-state index contributed by atoms with van der Waals surface area (Å²) in [6.07, 6.45) is 2.78. The van der Waals surface area contributed by atoms with Crippen LogP contribution >= 0.6 is 11.6 Å². The molecule has 1 atom stereocenters. The molecule has 1 amide bonds. The van der Waals surface area contributed by atoms with E-state index < -0.39 is 0 Å². The summed E-state index contributed by atoms with van der Waals surface area (Å²) < 4.78 is 7.04. The predicted molar refractivity (Wildman–Crippen MR) is 88.5 cm³/mol. The number of aryl methyl sites for hydroxylation is 2. The molecule has 7 heteroatoms. The number of likely N-dealkylation sites (tertiary alicyclic amines) is 1. The van der Waals surface area contributed by atoms with Gasteiger partial charge in [0, 0.05) is 44.7 Å². The fourth-order valence-corrected chi connectivity index (χ4v) is 3.96. The number of nitrogens with zero attached hydrogens (tertiary/aromatic N) is 4. The van der Waals surface area contributed by atoms with E-state index >= 15 is 0 Å². The van der Waals surface area contributed by atoms with Crippen molar-refractivity contribution < 1.29 is 9.53 Å². The molecule has 23 heavy (non-hydrogen) atoms. The Bertz CT molecular complexity index is 569. The molecule has 0 bridgehead atoms. The van der Waals surface area contributed by atoms with Crippen molar-refractivity contribution in [2.75, 3.05) is 39.4 Å². The number of carbonyl (C=O) groups is 1. The first-order valence-corrected chi connectivity index (χ1v) is 8.74. The third kappa shape index (κ3) is 3.54. The van der Waals surface area contributed by atoms with Crippen molar-refractivity contribution in [1.82, 2.24) is 19.6 Å². The lowest BCUT2D eigenvalue weighted by Crippen LogP contribution is -2.42. The van der Waals surface area contributed by atoms with Crippen molar-refractivity contribution >= 4 is 17.5 Å². The average molecular weight is 341 g/mol. The molecular weight excluding hydrogens is 316 g/mol. The van der Waals surface area contributed by atoms with Gasteiger partial charge in [0.25, 0.3) is 0 Å². The molecule has 0 aromatic carbocycles. The lowest BCUT2D eigenvalue weighted by molar-refractivity contribution is -0.135. The second-order valence-electron chi connectivity index (χ2n) is 6.35. The fourth-order valence-electron chi connectivity index (χ4n) is 3.66. The molecule has 0 N–H and O–H groups in total. The van der Waals surface area contributed by atoms with E-state index in [0.29, 0.717) is 19.6 Å². The second kappa shape index (κ2) is 7.20. The number of hydrogen-bond acceptors (Lipinski definition) is 4. The normalized spacial score (nSPS) is 22.7. The van der Waals surface area contributed by atoms with Gasteiger partial charge in [0.15, 0.2) is 0 Å². The fraction of sp³-hybridized carbons (Fsp3) is 0.750. The van der Waals surface area contributed by atoms with E-state index in [1.165, 1.54) is 0 Å². The van der Waals surface area contributed by atoms with Crippen LogP contribution in [0.4, 0.5) is 0 Å². The molecule has 2 fully saturated rings. The van der Waals surface area contributed by atoms with Crippen molar-refractivity contribution in [2.45, 2.75) is 32.2 Å². The van der Waals surface area contributed by atoms with E-state index in [4.69, 9.17) is 16.3 Å². The smallest absolute Gasteiger partial charge is 0.224 e. The number of rotatable bonds is 4. The van der Waals surface area contributed by atoms with E-state index in [0.717, 1.165) is 55.4 Å². The minimum atomic E-state index is 0.230. The van der Waals surface area contributed by atoms with Gasteiger partial charge >= 0.3 is 0 Å². The first-order chi connectivity index (χ1) is 11.1. The lowest BCUT2D eigenvalue weighted by Gasteiger charge is -2.29. The van der Waals surface area contributed by atoms with E-state index in [1.54, 1.807) is 4.68 Å². The highest BCUT2D eigenvalue weighted by atomic mass is 35.5. The van der Waals surface area contributed by atoms with Gasteiger partial charge in [0.05, 0.1) is 18.9 Å². The third-order valence-electron chi connectivity index (χ3n) is 4.87. The lowest BCUT2D eigenvalue weighted by atomic mass is 10.1. The molecule has 3 heterocycles. The molecule has 2 aliphatic rings. The van der Waals surface area contributed by atoms with Crippen LogP contribution in [0.25, 0.3) is 0 Å². The summed E-state index contributed by atoms with van der Waals surface area (Å²) in [5.41, 5.74) is 2.12. The van der Waals surface area contributed by atoms with E-state index in [-0.39, 0.29) is 11.9 Å². The second-order valence-corrected chi connectivity index (χ2v) is 6.71. The quantitative estimate of drug-likeness (QED) is 0.838. The number of carbonyl (C=O) groups excluding carboxylic acids is 1. The standard InChI is InChI=1S/C16H25ClN4O2/c1-12-15(16(17)19(2)18-12)13-4-3-6-20(13)7-5-14(22)21-8-10-23-11-9-21/h13H,3-11H2,1-2H3/t13-/m1/s1. The zero-order valence-corrected chi connectivity index (χ0v) is 14.7. The number of ether oxygens (including phenoxy) is 1. The zero-order valence-electron chi connectivity index (χ0n) is 13.9. The molecule has 3 rings (SSSR count). The summed E-state index contributed by atoms with van der Waals surface area (Å²) in [6, 6.07) is 0.286. The Morgan fingerprint density at radius 2 is 2.09 bits per heavy atom. The van der Waals surface area contributed by atoms with Crippen molar-refractivity contribution in [3.63, 3.8) is 0 Å². The first kappa shape index (κ1) is 16.7. The number of amides is 1. The zero-order chi connectivity index (χ0) is 16.4. The molecule has 0 unspecified atom stereocenters. The van der Waals surface area contributed by atoms with E-state index in [1.807, 2.05) is 18.9 Å². The van der Waals surface area contributed by atoms with Crippen molar-refractivity contribution in [1.29, 1.82) is 0 Å². The van der Waals surface area contributed by atoms with Crippen LogP contribution in [0.1, 0.15) is 36.6 Å². The summed E-state index contributed by atoms with van der Waals surface area (Å²) in [4.78, 5) is 16.6. The van der Waals surface area contributed by atoms with Crippen LogP contribution in [0.15, 0.2) is 0 Å². The topological polar surface area (TPSA) is 50.6 Å². The molecule has 2 saturated heterocycles. The maximum Gasteiger partial charge on any atom is 0.224 e. The predicted octanol–water partition coefficient (Wildman–Crippen LogP) is 1.77. The maximum absolute atomic E-state index is 12.3. The van der Waals surface area contributed by atoms with Gasteiger partial charge in [-0.2, -0.15) is 5.10 Å². The molecule has 2 aliphatic heterocycles. The Hall–Kier alpha value is -1.11. The highest BCUT2D eigenvalue weighted by molar-refractivity contribution is 6.30. The largest absolute Gasteiger partial charge is 0.378 e. The van der Waals surface area contributed by atoms with E-state index in [2.05, 4.69) is 10.00 Å². The van der Waals surface area contributed by atoms with Gasteiger partial charge in [-0.3, -0.25) is 14.4 Å². The van der Waals surface area contributed by atoms with Crippen molar-refractivity contribution in [2.24, 2.45) is 7.05 Å². The van der Waals surface area contributed by atoms with Crippen LogP contribution in [0.3, 0.4) is 0 Å². The summed E-state index contributed by atoms with van der Waals surface area (Å²) in [5.74, 6) is 0.230. The van der Waals surface area contributed by atoms with Crippen molar-refractivity contribution in [3.05, 3.63) is 16.4 Å². The first-order valence-electron chi connectivity index (χ1n) is 8.36. The van der Waals surface area contributed by atoms with Gasteiger partial charge < -0.3 is 9.64 Å². The summed E-state index contributed by atoms with van der Waals surface area (Å²) in [5, 5.41) is 5.15. The van der Waals surface area contributed by atoms with Crippen molar-refractivity contribution in [3.8, 4) is 0 Å². The summed E-state index contributed by atoms with van der Waals surface area (Å²) in [7, 11) is 1.88. The highest BCUT2D eigenvalue weighted by Gasteiger charge is 2.31. The van der Waals surface area contributed by atoms with Gasteiger partial charge in [-0.05, 0) is 26.3 Å². The number of aromatic nitrogens is 2.